The predicted molar refractivity (Wildman–Crippen MR) is 101 cm³/mol. The summed E-state index contributed by atoms with van der Waals surface area (Å²) in [6.45, 7) is 2.88. The smallest absolute Gasteiger partial charge is 0.314 e. The van der Waals surface area contributed by atoms with Crippen LogP contribution in [-0.4, -0.2) is 32.2 Å². The van der Waals surface area contributed by atoms with Crippen molar-refractivity contribution in [2.75, 3.05) is 11.9 Å². The molecule has 1 aliphatic heterocycles. The highest BCUT2D eigenvalue weighted by atomic mass is 16.2. The summed E-state index contributed by atoms with van der Waals surface area (Å²) in [5.74, 6) is 0.951. The third kappa shape index (κ3) is 3.32. The van der Waals surface area contributed by atoms with Gasteiger partial charge >= 0.3 is 6.03 Å². The molecule has 2 aliphatic rings. The van der Waals surface area contributed by atoms with Crippen LogP contribution < -0.4 is 5.32 Å². The molecule has 2 heterocycles. The Bertz CT molecular complexity index is 765. The maximum atomic E-state index is 12.9. The average molecular weight is 353 g/mol. The van der Waals surface area contributed by atoms with Gasteiger partial charge < -0.3 is 14.8 Å². The number of anilines is 1. The van der Waals surface area contributed by atoms with Crippen LogP contribution in [0.1, 0.15) is 68.9 Å². The van der Waals surface area contributed by atoms with Crippen molar-refractivity contribution in [3.63, 3.8) is 0 Å². The van der Waals surface area contributed by atoms with E-state index < -0.39 is 0 Å². The molecule has 1 aromatic carbocycles. The first-order valence-corrected chi connectivity index (χ1v) is 9.82. The van der Waals surface area contributed by atoms with Gasteiger partial charge in [-0.25, -0.2) is 4.79 Å². The highest BCUT2D eigenvalue weighted by Gasteiger charge is 2.35. The standard InChI is InChI=1S/C20H27N5O/c1-2-15-7-5-8-16(13-15)22-20(26)24-12-6-11-18(24)19-23-21-14-25(19)17-9-3-4-10-17/h5,7-8,13-14,17-18H,2-4,6,9-12H2,1H3,(H,22,26). The highest BCUT2D eigenvalue weighted by Crippen LogP contribution is 2.36. The minimum atomic E-state index is -0.0401. The molecule has 0 spiro atoms. The molecule has 2 fully saturated rings. The molecular weight excluding hydrogens is 326 g/mol. The summed E-state index contributed by atoms with van der Waals surface area (Å²) < 4.78 is 2.22. The highest BCUT2D eigenvalue weighted by molar-refractivity contribution is 5.89. The number of hydrogen-bond acceptors (Lipinski definition) is 3. The van der Waals surface area contributed by atoms with Crippen LogP contribution >= 0.6 is 0 Å². The van der Waals surface area contributed by atoms with Crippen LogP contribution in [0.15, 0.2) is 30.6 Å². The molecule has 2 aromatic rings. The van der Waals surface area contributed by atoms with Crippen LogP contribution in [0.5, 0.6) is 0 Å². The van der Waals surface area contributed by atoms with Crippen molar-refractivity contribution in [3.8, 4) is 0 Å². The molecule has 1 atom stereocenters. The van der Waals surface area contributed by atoms with E-state index in [0.717, 1.165) is 37.3 Å². The zero-order valence-corrected chi connectivity index (χ0v) is 15.4. The molecule has 6 nitrogen and oxygen atoms in total. The Morgan fingerprint density at radius 1 is 1.23 bits per heavy atom. The summed E-state index contributed by atoms with van der Waals surface area (Å²) >= 11 is 0. The quantitative estimate of drug-likeness (QED) is 0.890. The van der Waals surface area contributed by atoms with Crippen LogP contribution in [0, 0.1) is 0 Å². The van der Waals surface area contributed by atoms with Gasteiger partial charge in [-0.3, -0.25) is 0 Å². The van der Waals surface area contributed by atoms with Gasteiger partial charge in [-0.2, -0.15) is 0 Å². The van der Waals surface area contributed by atoms with E-state index in [1.54, 1.807) is 0 Å². The van der Waals surface area contributed by atoms with Crippen molar-refractivity contribution >= 4 is 11.7 Å². The van der Waals surface area contributed by atoms with Gasteiger partial charge in [-0.15, -0.1) is 10.2 Å². The second kappa shape index (κ2) is 7.48. The average Bonchev–Trinajstić information content (AvgIpc) is 3.41. The van der Waals surface area contributed by atoms with Crippen molar-refractivity contribution in [2.24, 2.45) is 0 Å². The molecule has 1 saturated carbocycles. The molecule has 1 saturated heterocycles. The van der Waals surface area contributed by atoms with Crippen LogP contribution in [0.25, 0.3) is 0 Å². The first-order valence-electron chi connectivity index (χ1n) is 9.82. The Morgan fingerprint density at radius 3 is 2.88 bits per heavy atom. The Labute approximate surface area is 154 Å². The number of likely N-dealkylation sites (tertiary alicyclic amines) is 1. The summed E-state index contributed by atoms with van der Waals surface area (Å²) in [5, 5.41) is 11.6. The molecule has 26 heavy (non-hydrogen) atoms. The third-order valence-corrected chi connectivity index (χ3v) is 5.72. The van der Waals surface area contributed by atoms with Crippen LogP contribution in [0.2, 0.25) is 0 Å². The van der Waals surface area contributed by atoms with Gasteiger partial charge in [0, 0.05) is 18.3 Å². The first kappa shape index (κ1) is 17.1. The summed E-state index contributed by atoms with van der Waals surface area (Å²) in [4.78, 5) is 14.8. The maximum absolute atomic E-state index is 12.9. The fraction of sp³-hybridized carbons (Fsp3) is 0.550. The number of aromatic nitrogens is 3. The monoisotopic (exact) mass is 353 g/mol. The van der Waals surface area contributed by atoms with Gasteiger partial charge in [-0.1, -0.05) is 31.9 Å². The molecule has 0 bridgehead atoms. The fourth-order valence-corrected chi connectivity index (χ4v) is 4.30. The summed E-state index contributed by atoms with van der Waals surface area (Å²) in [6, 6.07) is 8.54. The van der Waals surface area contributed by atoms with Crippen molar-refractivity contribution < 1.29 is 4.79 Å². The van der Waals surface area contributed by atoms with Gasteiger partial charge in [0.25, 0.3) is 0 Å². The number of hydrogen-bond donors (Lipinski definition) is 1. The van der Waals surface area contributed by atoms with Crippen LogP contribution in [-0.2, 0) is 6.42 Å². The van der Waals surface area contributed by atoms with E-state index in [1.807, 2.05) is 29.4 Å². The molecule has 2 amide bonds. The molecule has 1 N–H and O–H groups in total. The number of nitrogens with one attached hydrogen (secondary N) is 1. The SMILES string of the molecule is CCc1cccc(NC(=O)N2CCCC2c2nncn2C2CCCC2)c1. The second-order valence-corrected chi connectivity index (χ2v) is 7.37. The Kier molecular flexibility index (Phi) is 4.91. The van der Waals surface area contributed by atoms with E-state index in [9.17, 15) is 4.79 Å². The molecule has 4 rings (SSSR count). The molecular formula is C20H27N5O. The summed E-state index contributed by atoms with van der Waals surface area (Å²) in [5.41, 5.74) is 2.08. The number of carbonyl (C=O) groups excluding carboxylic acids is 1. The largest absolute Gasteiger partial charge is 0.322 e. The fourth-order valence-electron chi connectivity index (χ4n) is 4.30. The zero-order chi connectivity index (χ0) is 17.9. The summed E-state index contributed by atoms with van der Waals surface area (Å²) in [6.07, 6.45) is 9.68. The van der Waals surface area contributed by atoms with E-state index in [1.165, 1.54) is 31.2 Å². The Morgan fingerprint density at radius 2 is 2.08 bits per heavy atom. The van der Waals surface area contributed by atoms with E-state index in [2.05, 4.69) is 33.1 Å². The second-order valence-electron chi connectivity index (χ2n) is 7.37. The zero-order valence-electron chi connectivity index (χ0n) is 15.4. The number of amides is 2. The number of rotatable bonds is 4. The van der Waals surface area contributed by atoms with E-state index in [4.69, 9.17) is 0 Å². The topological polar surface area (TPSA) is 63.1 Å². The minimum absolute atomic E-state index is 0.0208. The number of urea groups is 1. The van der Waals surface area contributed by atoms with E-state index in [-0.39, 0.29) is 12.1 Å². The lowest BCUT2D eigenvalue weighted by Crippen LogP contribution is -2.35. The lowest BCUT2D eigenvalue weighted by molar-refractivity contribution is 0.203. The number of carbonyl (C=O) groups is 1. The van der Waals surface area contributed by atoms with E-state index in [0.29, 0.717) is 6.04 Å². The predicted octanol–water partition coefficient (Wildman–Crippen LogP) is 4.32. The van der Waals surface area contributed by atoms with Gasteiger partial charge in [0.1, 0.15) is 6.33 Å². The first-order chi connectivity index (χ1) is 12.8. The van der Waals surface area contributed by atoms with Gasteiger partial charge in [0.2, 0.25) is 0 Å². The normalized spacial score (nSPS) is 20.7. The van der Waals surface area contributed by atoms with Gasteiger partial charge in [0.05, 0.1) is 6.04 Å². The van der Waals surface area contributed by atoms with Crippen molar-refractivity contribution in [2.45, 2.75) is 64.0 Å². The number of nitrogens with zero attached hydrogens (tertiary/aromatic N) is 4. The van der Waals surface area contributed by atoms with Gasteiger partial charge in [0.15, 0.2) is 5.82 Å². The van der Waals surface area contributed by atoms with E-state index >= 15 is 0 Å². The third-order valence-electron chi connectivity index (χ3n) is 5.72. The molecule has 6 heteroatoms. The number of benzene rings is 1. The summed E-state index contributed by atoms with van der Waals surface area (Å²) in [7, 11) is 0. The number of aryl methyl sites for hydroxylation is 1. The molecule has 0 radical (unpaired) electrons. The lowest BCUT2D eigenvalue weighted by Gasteiger charge is -2.26. The van der Waals surface area contributed by atoms with Crippen molar-refractivity contribution in [1.29, 1.82) is 0 Å². The molecule has 1 aliphatic carbocycles. The molecule has 1 aromatic heterocycles. The van der Waals surface area contributed by atoms with Crippen LogP contribution in [0.3, 0.4) is 0 Å². The molecule has 1 unspecified atom stereocenters. The van der Waals surface area contributed by atoms with Crippen molar-refractivity contribution in [1.82, 2.24) is 19.7 Å². The Hall–Kier alpha value is -2.37. The lowest BCUT2D eigenvalue weighted by atomic mass is 10.1. The Balaban J connectivity index is 1.51. The van der Waals surface area contributed by atoms with Crippen LogP contribution in [0.4, 0.5) is 10.5 Å². The minimum Gasteiger partial charge on any atom is -0.314 e. The van der Waals surface area contributed by atoms with Crippen molar-refractivity contribution in [3.05, 3.63) is 42.0 Å². The maximum Gasteiger partial charge on any atom is 0.322 e. The molecule has 138 valence electrons. The van der Waals surface area contributed by atoms with Gasteiger partial charge in [-0.05, 0) is 49.8 Å².